The number of rotatable bonds is 6. The number of hydrazine groups is 1. The highest BCUT2D eigenvalue weighted by Gasteiger charge is 2.05. The Labute approximate surface area is 120 Å². The Bertz CT molecular complexity index is 447. The van der Waals surface area contributed by atoms with Crippen molar-refractivity contribution in [2.75, 3.05) is 20.8 Å². The fourth-order valence-electron chi connectivity index (χ4n) is 1.60. The molecule has 0 radical (unpaired) electrons. The number of hydrogen-bond acceptors (Lipinski definition) is 4. The highest BCUT2D eigenvalue weighted by Crippen LogP contribution is 2.24. The second-order valence-electron chi connectivity index (χ2n) is 4.76. The van der Waals surface area contributed by atoms with E-state index in [1.54, 1.807) is 14.2 Å². The van der Waals surface area contributed by atoms with Gasteiger partial charge in [0.05, 0.1) is 20.8 Å². The van der Waals surface area contributed by atoms with Crippen LogP contribution in [0.3, 0.4) is 0 Å². The van der Waals surface area contributed by atoms with Crippen molar-refractivity contribution in [1.82, 2.24) is 10.7 Å². The summed E-state index contributed by atoms with van der Waals surface area (Å²) in [5, 5.41) is 3.15. The molecule has 1 rings (SSSR count). The number of methoxy groups -OCH3 is 2. The second kappa shape index (κ2) is 8.27. The smallest absolute Gasteiger partial charge is 0.206 e. The fraction of sp³-hybridized carbons (Fsp3) is 0.500. The van der Waals surface area contributed by atoms with Crippen molar-refractivity contribution in [1.29, 1.82) is 0 Å². The average Bonchev–Trinajstić information content (AvgIpc) is 2.47. The van der Waals surface area contributed by atoms with Crippen LogP contribution in [0.5, 0.6) is 11.5 Å². The minimum absolute atomic E-state index is 0.470. The zero-order valence-electron chi connectivity index (χ0n) is 12.6. The molecule has 0 atom stereocenters. The molecule has 0 fully saturated rings. The number of nitrogens with zero attached hydrogens (tertiary/aromatic N) is 1. The molecule has 0 heterocycles. The normalized spacial score (nSPS) is 11.4. The van der Waals surface area contributed by atoms with Crippen LogP contribution >= 0.6 is 0 Å². The van der Waals surface area contributed by atoms with E-state index in [0.717, 1.165) is 23.6 Å². The van der Waals surface area contributed by atoms with Crippen LogP contribution < -0.4 is 26.1 Å². The van der Waals surface area contributed by atoms with Gasteiger partial charge in [0, 0.05) is 18.2 Å². The van der Waals surface area contributed by atoms with E-state index >= 15 is 0 Å². The molecule has 6 heteroatoms. The Hall–Kier alpha value is -1.95. The van der Waals surface area contributed by atoms with Gasteiger partial charge >= 0.3 is 0 Å². The number of hydrogen-bond donors (Lipinski definition) is 3. The zero-order valence-corrected chi connectivity index (χ0v) is 12.6. The molecule has 0 bridgehead atoms. The summed E-state index contributed by atoms with van der Waals surface area (Å²) in [5.74, 6) is 8.03. The highest BCUT2D eigenvalue weighted by molar-refractivity contribution is 5.79. The van der Waals surface area contributed by atoms with Crippen molar-refractivity contribution in [3.8, 4) is 11.5 Å². The standard InChI is InChI=1S/C14H24N4O2/c1-10(2)8-16-14(18-15)17-9-11-5-6-12(19-3)7-13(11)20-4/h5-7,10H,8-9,15H2,1-4H3,(H2,16,17,18). The molecule has 0 aromatic heterocycles. The monoisotopic (exact) mass is 280 g/mol. The number of aliphatic imine (C=N–C) groups is 1. The average molecular weight is 280 g/mol. The Morgan fingerprint density at radius 3 is 2.60 bits per heavy atom. The number of nitrogens with one attached hydrogen (secondary N) is 2. The summed E-state index contributed by atoms with van der Waals surface area (Å²) in [5.41, 5.74) is 3.53. The first-order valence-electron chi connectivity index (χ1n) is 6.56. The summed E-state index contributed by atoms with van der Waals surface area (Å²) in [6.45, 7) is 5.52. The predicted octanol–water partition coefficient (Wildman–Crippen LogP) is 1.27. The van der Waals surface area contributed by atoms with E-state index in [1.807, 2.05) is 18.2 Å². The molecule has 1 aromatic carbocycles. The van der Waals surface area contributed by atoms with Crippen molar-refractivity contribution >= 4 is 5.96 Å². The summed E-state index contributed by atoms with van der Waals surface area (Å²) < 4.78 is 10.5. The predicted molar refractivity (Wildman–Crippen MR) is 80.8 cm³/mol. The van der Waals surface area contributed by atoms with Gasteiger partial charge in [-0.1, -0.05) is 13.8 Å². The van der Waals surface area contributed by atoms with E-state index < -0.39 is 0 Å². The van der Waals surface area contributed by atoms with Gasteiger partial charge in [-0.05, 0) is 18.1 Å². The van der Waals surface area contributed by atoms with Crippen LogP contribution in [0.4, 0.5) is 0 Å². The topological polar surface area (TPSA) is 80.9 Å². The second-order valence-corrected chi connectivity index (χ2v) is 4.76. The summed E-state index contributed by atoms with van der Waals surface area (Å²) in [6, 6.07) is 5.64. The van der Waals surface area contributed by atoms with Gasteiger partial charge in [-0.2, -0.15) is 0 Å². The first kappa shape index (κ1) is 16.1. The van der Waals surface area contributed by atoms with Crippen molar-refractivity contribution < 1.29 is 9.47 Å². The minimum atomic E-state index is 0.470. The molecule has 1 aromatic rings. The maximum absolute atomic E-state index is 5.44. The van der Waals surface area contributed by atoms with Gasteiger partial charge in [-0.3, -0.25) is 5.43 Å². The molecular formula is C14H24N4O2. The van der Waals surface area contributed by atoms with Crippen LogP contribution in [0.25, 0.3) is 0 Å². The maximum atomic E-state index is 5.44. The molecule has 0 spiro atoms. The van der Waals surface area contributed by atoms with Gasteiger partial charge in [-0.25, -0.2) is 10.8 Å². The Morgan fingerprint density at radius 1 is 1.30 bits per heavy atom. The summed E-state index contributed by atoms with van der Waals surface area (Å²) in [6.07, 6.45) is 0. The van der Waals surface area contributed by atoms with Crippen LogP contribution in [0.1, 0.15) is 19.4 Å². The minimum Gasteiger partial charge on any atom is -0.497 e. The van der Waals surface area contributed by atoms with Crippen LogP contribution in [-0.2, 0) is 6.54 Å². The molecule has 6 nitrogen and oxygen atoms in total. The summed E-state index contributed by atoms with van der Waals surface area (Å²) in [7, 11) is 3.25. The van der Waals surface area contributed by atoms with E-state index in [-0.39, 0.29) is 0 Å². The van der Waals surface area contributed by atoms with E-state index in [1.165, 1.54) is 0 Å². The molecule has 0 unspecified atom stereocenters. The lowest BCUT2D eigenvalue weighted by molar-refractivity contribution is 0.391. The third-order valence-corrected chi connectivity index (χ3v) is 2.72. The Balaban J connectivity index is 2.75. The van der Waals surface area contributed by atoms with E-state index in [0.29, 0.717) is 18.4 Å². The molecule has 20 heavy (non-hydrogen) atoms. The first-order chi connectivity index (χ1) is 9.60. The Kier molecular flexibility index (Phi) is 6.66. The van der Waals surface area contributed by atoms with Gasteiger partial charge in [0.1, 0.15) is 11.5 Å². The first-order valence-corrected chi connectivity index (χ1v) is 6.56. The molecule has 112 valence electrons. The van der Waals surface area contributed by atoms with E-state index in [4.69, 9.17) is 15.3 Å². The van der Waals surface area contributed by atoms with Gasteiger partial charge in [0.2, 0.25) is 5.96 Å². The SMILES string of the molecule is COc1ccc(CN=C(NN)NCC(C)C)c(OC)c1. The van der Waals surface area contributed by atoms with Crippen LogP contribution in [0, 0.1) is 5.92 Å². The molecule has 0 aliphatic carbocycles. The maximum Gasteiger partial charge on any atom is 0.206 e. The molecule has 4 N–H and O–H groups in total. The number of guanidine groups is 1. The zero-order chi connectivity index (χ0) is 15.0. The number of nitrogens with two attached hydrogens (primary N) is 1. The number of benzene rings is 1. The van der Waals surface area contributed by atoms with Crippen LogP contribution in [-0.4, -0.2) is 26.7 Å². The molecule has 0 aliphatic heterocycles. The molecule has 0 saturated carbocycles. The third kappa shape index (κ3) is 4.97. The van der Waals surface area contributed by atoms with E-state index in [9.17, 15) is 0 Å². The summed E-state index contributed by atoms with van der Waals surface area (Å²) in [4.78, 5) is 4.40. The van der Waals surface area contributed by atoms with Gasteiger partial charge in [-0.15, -0.1) is 0 Å². The third-order valence-electron chi connectivity index (χ3n) is 2.72. The van der Waals surface area contributed by atoms with Gasteiger partial charge in [0.15, 0.2) is 0 Å². The molecule has 0 saturated heterocycles. The largest absolute Gasteiger partial charge is 0.497 e. The van der Waals surface area contributed by atoms with Crippen LogP contribution in [0.2, 0.25) is 0 Å². The lowest BCUT2D eigenvalue weighted by Gasteiger charge is -2.12. The molecule has 0 aliphatic rings. The lowest BCUT2D eigenvalue weighted by atomic mass is 10.2. The molecule has 0 amide bonds. The van der Waals surface area contributed by atoms with Crippen molar-refractivity contribution in [3.05, 3.63) is 23.8 Å². The quantitative estimate of drug-likeness (QED) is 0.316. The Morgan fingerprint density at radius 2 is 2.05 bits per heavy atom. The van der Waals surface area contributed by atoms with E-state index in [2.05, 4.69) is 29.6 Å². The van der Waals surface area contributed by atoms with Gasteiger partial charge in [0.25, 0.3) is 0 Å². The highest BCUT2D eigenvalue weighted by atomic mass is 16.5. The van der Waals surface area contributed by atoms with Crippen molar-refractivity contribution in [3.63, 3.8) is 0 Å². The molecular weight excluding hydrogens is 256 g/mol. The lowest BCUT2D eigenvalue weighted by Crippen LogP contribution is -2.42. The van der Waals surface area contributed by atoms with Crippen molar-refractivity contribution in [2.24, 2.45) is 16.8 Å². The summed E-state index contributed by atoms with van der Waals surface area (Å²) >= 11 is 0. The van der Waals surface area contributed by atoms with Crippen molar-refractivity contribution in [2.45, 2.75) is 20.4 Å². The van der Waals surface area contributed by atoms with Gasteiger partial charge < -0.3 is 14.8 Å². The van der Waals surface area contributed by atoms with Crippen LogP contribution in [0.15, 0.2) is 23.2 Å². The number of ether oxygens (including phenoxy) is 2. The fourth-order valence-corrected chi connectivity index (χ4v) is 1.60.